The quantitative estimate of drug-likeness (QED) is 0.357. The first kappa shape index (κ1) is 13.6. The number of alkyl halides is 3. The summed E-state index contributed by atoms with van der Waals surface area (Å²) in [4.78, 5) is 22.9. The van der Waals surface area contributed by atoms with Gasteiger partial charge in [-0.2, -0.15) is 0 Å². The average molecular weight is 362 g/mol. The molecular formula is C7H2F3IN2O4. The smallest absolute Gasteiger partial charge is 0.397 e. The van der Waals surface area contributed by atoms with Gasteiger partial charge in [-0.15, -0.1) is 13.2 Å². The third kappa shape index (κ3) is 3.51. The first-order valence-electron chi connectivity index (χ1n) is 3.80. The van der Waals surface area contributed by atoms with E-state index in [2.05, 4.69) is 9.72 Å². The molecule has 1 heterocycles. The van der Waals surface area contributed by atoms with Gasteiger partial charge in [-0.1, -0.05) is 0 Å². The molecule has 0 spiro atoms. The predicted octanol–water partition coefficient (Wildman–Crippen LogP) is 2.31. The first-order valence-corrected chi connectivity index (χ1v) is 4.88. The molecule has 0 N–H and O–H groups in total. The Bertz CT molecular complexity index is 477. The Labute approximate surface area is 105 Å². The zero-order valence-corrected chi connectivity index (χ0v) is 9.85. The van der Waals surface area contributed by atoms with Crippen LogP contribution in [0.25, 0.3) is 0 Å². The van der Waals surface area contributed by atoms with Gasteiger partial charge in [0.25, 0.3) is 0 Å². The maximum atomic E-state index is 12.0. The zero-order valence-electron chi connectivity index (χ0n) is 7.69. The summed E-state index contributed by atoms with van der Waals surface area (Å²) in [5.74, 6) is -2.22. The highest BCUT2D eigenvalue weighted by atomic mass is 127. The van der Waals surface area contributed by atoms with Crippen LogP contribution in [-0.4, -0.2) is 22.6 Å². The molecule has 0 amide bonds. The molecule has 10 heteroatoms. The molecule has 0 saturated carbocycles. The van der Waals surface area contributed by atoms with Crippen molar-refractivity contribution in [3.8, 4) is 5.75 Å². The Morgan fingerprint density at radius 2 is 2.12 bits per heavy atom. The van der Waals surface area contributed by atoms with Crippen LogP contribution in [0, 0.1) is 13.7 Å². The summed E-state index contributed by atoms with van der Waals surface area (Å²) in [5.41, 5.74) is -0.327. The van der Waals surface area contributed by atoms with E-state index in [4.69, 9.17) is 0 Å². The molecule has 0 atom stereocenters. The Balaban J connectivity index is 3.33. The van der Waals surface area contributed by atoms with Crippen molar-refractivity contribution in [2.75, 3.05) is 0 Å². The SMILES string of the molecule is O=Cc1nc([N+](=O)[O-])c(OC(F)(F)F)cc1I. The average Bonchev–Trinajstić information content (AvgIpc) is 2.14. The molecule has 0 aliphatic heterocycles. The van der Waals surface area contributed by atoms with Crippen LogP contribution in [0.3, 0.4) is 0 Å². The summed E-state index contributed by atoms with van der Waals surface area (Å²) >= 11 is 1.51. The standard InChI is InChI=1S/C7H2F3IN2O4/c8-7(9,10)17-5-1-3(11)4(2-14)12-6(5)13(15)16/h1-2H. The molecule has 17 heavy (non-hydrogen) atoms. The van der Waals surface area contributed by atoms with Crippen molar-refractivity contribution in [1.29, 1.82) is 0 Å². The molecule has 92 valence electrons. The molecular weight excluding hydrogens is 360 g/mol. The van der Waals surface area contributed by atoms with Gasteiger partial charge in [0.15, 0.2) is 6.29 Å². The number of halogens is 4. The van der Waals surface area contributed by atoms with E-state index in [1.165, 1.54) is 22.6 Å². The van der Waals surface area contributed by atoms with Crippen LogP contribution in [0.1, 0.15) is 10.5 Å². The number of nitrogens with zero attached hydrogens (tertiary/aromatic N) is 2. The van der Waals surface area contributed by atoms with Crippen LogP contribution in [0.2, 0.25) is 0 Å². The third-order valence-electron chi connectivity index (χ3n) is 1.46. The van der Waals surface area contributed by atoms with Crippen LogP contribution < -0.4 is 4.74 Å². The molecule has 1 aromatic heterocycles. The molecule has 0 aromatic carbocycles. The molecule has 6 nitrogen and oxygen atoms in total. The second kappa shape index (κ2) is 4.81. The van der Waals surface area contributed by atoms with Crippen molar-refractivity contribution in [3.05, 3.63) is 25.4 Å². The van der Waals surface area contributed by atoms with Gasteiger partial charge in [0, 0.05) is 6.07 Å². The summed E-state index contributed by atoms with van der Waals surface area (Å²) in [6.07, 6.45) is -4.87. The Hall–Kier alpha value is -1.46. The summed E-state index contributed by atoms with van der Waals surface area (Å²) in [5, 5.41) is 10.5. The minimum Gasteiger partial charge on any atom is -0.397 e. The van der Waals surface area contributed by atoms with Gasteiger partial charge >= 0.3 is 12.2 Å². The third-order valence-corrected chi connectivity index (χ3v) is 2.32. The summed E-state index contributed by atoms with van der Waals surface area (Å²) in [6.45, 7) is 0. The number of ether oxygens (including phenoxy) is 1. The molecule has 0 aliphatic rings. The van der Waals surface area contributed by atoms with Crippen LogP contribution in [0.4, 0.5) is 19.0 Å². The second-order valence-corrected chi connectivity index (χ2v) is 3.76. The zero-order chi connectivity index (χ0) is 13.2. The van der Waals surface area contributed by atoms with Crippen molar-refractivity contribution in [2.24, 2.45) is 0 Å². The van der Waals surface area contributed by atoms with Gasteiger partial charge in [-0.05, 0) is 32.5 Å². The molecule has 0 bridgehead atoms. The maximum Gasteiger partial charge on any atom is 0.573 e. The highest BCUT2D eigenvalue weighted by molar-refractivity contribution is 14.1. The van der Waals surface area contributed by atoms with Crippen molar-refractivity contribution in [3.63, 3.8) is 0 Å². The lowest BCUT2D eigenvalue weighted by Crippen LogP contribution is -2.18. The van der Waals surface area contributed by atoms with Crippen molar-refractivity contribution in [1.82, 2.24) is 4.98 Å². The number of nitro groups is 1. The highest BCUT2D eigenvalue weighted by Crippen LogP contribution is 2.32. The fourth-order valence-electron chi connectivity index (χ4n) is 0.889. The molecule has 1 rings (SSSR count). The Morgan fingerprint density at radius 1 is 1.53 bits per heavy atom. The van der Waals surface area contributed by atoms with Crippen LogP contribution in [0.15, 0.2) is 6.07 Å². The van der Waals surface area contributed by atoms with E-state index in [0.717, 1.165) is 6.07 Å². The van der Waals surface area contributed by atoms with E-state index in [1.807, 2.05) is 0 Å². The number of aldehydes is 1. The van der Waals surface area contributed by atoms with E-state index < -0.39 is 22.9 Å². The molecule has 0 saturated heterocycles. The number of hydrogen-bond donors (Lipinski definition) is 0. The van der Waals surface area contributed by atoms with E-state index in [9.17, 15) is 28.1 Å². The van der Waals surface area contributed by atoms with Gasteiger partial charge in [0.2, 0.25) is 11.4 Å². The lowest BCUT2D eigenvalue weighted by Gasteiger charge is -2.08. The summed E-state index contributed by atoms with van der Waals surface area (Å²) < 4.78 is 39.3. The normalized spacial score (nSPS) is 11.1. The van der Waals surface area contributed by atoms with Crippen molar-refractivity contribution in [2.45, 2.75) is 6.36 Å². The number of aromatic nitrogens is 1. The minimum absolute atomic E-state index is 0.0162. The van der Waals surface area contributed by atoms with E-state index in [1.54, 1.807) is 0 Å². The first-order chi connectivity index (χ1) is 7.74. The monoisotopic (exact) mass is 362 g/mol. The summed E-state index contributed by atoms with van der Waals surface area (Å²) in [6, 6.07) is 0.725. The topological polar surface area (TPSA) is 82.3 Å². The number of hydrogen-bond acceptors (Lipinski definition) is 5. The second-order valence-electron chi connectivity index (χ2n) is 2.60. The summed E-state index contributed by atoms with van der Waals surface area (Å²) in [7, 11) is 0. The largest absolute Gasteiger partial charge is 0.573 e. The van der Waals surface area contributed by atoms with Crippen LogP contribution in [-0.2, 0) is 0 Å². The van der Waals surface area contributed by atoms with Gasteiger partial charge in [-0.3, -0.25) is 4.79 Å². The molecule has 0 unspecified atom stereocenters. The molecule has 0 fully saturated rings. The van der Waals surface area contributed by atoms with Gasteiger partial charge in [0.1, 0.15) is 0 Å². The molecule has 1 aromatic rings. The fourth-order valence-corrected chi connectivity index (χ4v) is 1.42. The van der Waals surface area contributed by atoms with E-state index >= 15 is 0 Å². The molecule has 0 aliphatic carbocycles. The fraction of sp³-hybridized carbons (Fsp3) is 0.143. The predicted molar refractivity (Wildman–Crippen MR) is 55.7 cm³/mol. The highest BCUT2D eigenvalue weighted by Gasteiger charge is 2.35. The van der Waals surface area contributed by atoms with Crippen LogP contribution >= 0.6 is 22.6 Å². The Kier molecular flexibility index (Phi) is 3.85. The van der Waals surface area contributed by atoms with Gasteiger partial charge in [-0.25, -0.2) is 0 Å². The van der Waals surface area contributed by atoms with Gasteiger partial charge in [0.05, 0.1) is 3.57 Å². The lowest BCUT2D eigenvalue weighted by atomic mass is 10.3. The van der Waals surface area contributed by atoms with E-state index in [0.29, 0.717) is 0 Å². The lowest BCUT2D eigenvalue weighted by molar-refractivity contribution is -0.393. The Morgan fingerprint density at radius 3 is 2.53 bits per heavy atom. The van der Waals surface area contributed by atoms with Gasteiger partial charge < -0.3 is 14.9 Å². The maximum absolute atomic E-state index is 12.0. The van der Waals surface area contributed by atoms with Crippen molar-refractivity contribution >= 4 is 34.7 Å². The number of carbonyl (C=O) groups excluding carboxylic acids is 1. The number of carbonyl (C=O) groups is 1. The minimum atomic E-state index is -5.07. The van der Waals surface area contributed by atoms with Crippen LogP contribution in [0.5, 0.6) is 5.75 Å². The van der Waals surface area contributed by atoms with E-state index in [-0.39, 0.29) is 15.6 Å². The number of rotatable bonds is 3. The molecule has 0 radical (unpaired) electrons. The van der Waals surface area contributed by atoms with Crippen molar-refractivity contribution < 1.29 is 27.6 Å². The number of pyridine rings is 1.